The standard InChI is InChI=1S/C32H32N2O12/c1-17-7-19(9-21(30(17)43)11-33(13-25(35)36)14-26(37)38)29(23-5-3-4-6-24(23)32(45)46)20-8-18(2)31(44)22(10-20)12-34(15-27(39)40)16-28(41)42/h3-10,43H,11-16H2,1-2H3,(H,35,36)(H,37,38)(H,39,40)(H,41,42)(H,45,46)/p+1/b29-20-. The normalized spacial score (nSPS) is 14.1. The van der Waals surface area contributed by atoms with Crippen LogP contribution in [0, 0.1) is 6.92 Å². The molecule has 0 radical (unpaired) electrons. The quantitative estimate of drug-likeness (QED) is 0.154. The molecule has 1 aliphatic carbocycles. The molecule has 0 unspecified atom stereocenters. The summed E-state index contributed by atoms with van der Waals surface area (Å²) in [5, 5.41) is 58.2. The summed E-state index contributed by atoms with van der Waals surface area (Å²) in [5.41, 5.74) is 2.08. The van der Waals surface area contributed by atoms with E-state index in [0.29, 0.717) is 27.8 Å². The van der Waals surface area contributed by atoms with Gasteiger partial charge in [-0.3, -0.25) is 33.8 Å². The molecule has 0 fully saturated rings. The number of carboxylic acid groups (broad SMARTS) is 5. The number of allylic oxidation sites excluding steroid dienone is 4. The highest BCUT2D eigenvalue weighted by Gasteiger charge is 2.29. The average Bonchev–Trinajstić information content (AvgIpc) is 2.93. The highest BCUT2D eigenvalue weighted by atomic mass is 16.4. The number of carboxylic acids is 5. The van der Waals surface area contributed by atoms with E-state index >= 15 is 0 Å². The molecule has 0 spiro atoms. The van der Waals surface area contributed by atoms with Crippen LogP contribution in [0.3, 0.4) is 0 Å². The van der Waals surface area contributed by atoms with Gasteiger partial charge in [0, 0.05) is 18.7 Å². The number of carbonyl (C=O) groups is 5. The SMILES string of the molecule is CC1=C/C(=C(\c2cc(C)c(O)c(CN(CC(=O)O)CC(=O)O)c2)c2ccccc2C(=O)O)C=C(CN(CC(=O)O)CC(=O)O)C1=[OH+]. The molecule has 1 aliphatic rings. The number of phenolic OH excluding ortho intramolecular Hbond substituents is 1. The molecule has 242 valence electrons. The Labute approximate surface area is 262 Å². The van der Waals surface area contributed by atoms with Gasteiger partial charge in [0.05, 0.1) is 42.9 Å². The highest BCUT2D eigenvalue weighted by molar-refractivity contribution is 6.12. The molecular weight excluding hydrogens is 604 g/mol. The number of carbonyl (C=O) groups excluding carboxylic acids is 1. The Morgan fingerprint density at radius 3 is 1.72 bits per heavy atom. The van der Waals surface area contributed by atoms with Crippen molar-refractivity contribution in [1.29, 1.82) is 0 Å². The molecule has 14 nitrogen and oxygen atoms in total. The fraction of sp³-hybridized carbons (Fsp3) is 0.250. The number of aromatic hydroxyl groups is 1. The topological polar surface area (TPSA) is 235 Å². The largest absolute Gasteiger partial charge is 0.507 e. The lowest BCUT2D eigenvalue weighted by atomic mass is 9.84. The van der Waals surface area contributed by atoms with Crippen LogP contribution >= 0.6 is 0 Å². The Morgan fingerprint density at radius 2 is 1.22 bits per heavy atom. The van der Waals surface area contributed by atoms with Crippen LogP contribution in [0.5, 0.6) is 5.75 Å². The van der Waals surface area contributed by atoms with Gasteiger partial charge in [-0.05, 0) is 72.0 Å². The van der Waals surface area contributed by atoms with Gasteiger partial charge < -0.3 is 30.6 Å². The number of aromatic carboxylic acids is 1. The summed E-state index contributed by atoms with van der Waals surface area (Å²) < 4.78 is 0. The van der Waals surface area contributed by atoms with Gasteiger partial charge in [0.25, 0.3) is 0 Å². The van der Waals surface area contributed by atoms with Gasteiger partial charge in [-0.1, -0.05) is 18.2 Å². The molecule has 0 aromatic heterocycles. The third-order valence-corrected chi connectivity index (χ3v) is 6.99. The third-order valence-electron chi connectivity index (χ3n) is 6.99. The second kappa shape index (κ2) is 14.9. The molecule has 7 N–H and O–H groups in total. The zero-order valence-corrected chi connectivity index (χ0v) is 24.9. The predicted octanol–water partition coefficient (Wildman–Crippen LogP) is 2.07. The van der Waals surface area contributed by atoms with Crippen molar-refractivity contribution in [3.63, 3.8) is 0 Å². The first-order valence-corrected chi connectivity index (χ1v) is 13.7. The Morgan fingerprint density at radius 1 is 0.717 bits per heavy atom. The molecule has 0 atom stereocenters. The Balaban J connectivity index is 2.34. The van der Waals surface area contributed by atoms with Gasteiger partial charge in [-0.25, -0.2) is 4.79 Å². The lowest BCUT2D eigenvalue weighted by Crippen LogP contribution is -2.37. The lowest BCUT2D eigenvalue weighted by Gasteiger charge is -2.23. The van der Waals surface area contributed by atoms with Gasteiger partial charge >= 0.3 is 35.6 Å². The van der Waals surface area contributed by atoms with Crippen LogP contribution in [0.25, 0.3) is 5.57 Å². The monoisotopic (exact) mass is 637 g/mol. The minimum atomic E-state index is -1.29. The van der Waals surface area contributed by atoms with E-state index in [-0.39, 0.29) is 46.9 Å². The van der Waals surface area contributed by atoms with Crippen molar-refractivity contribution < 1.29 is 59.4 Å². The third kappa shape index (κ3) is 8.97. The van der Waals surface area contributed by atoms with E-state index in [1.54, 1.807) is 38.1 Å². The van der Waals surface area contributed by atoms with Crippen molar-refractivity contribution in [3.8, 4) is 5.75 Å². The number of ketones is 1. The van der Waals surface area contributed by atoms with Crippen molar-refractivity contribution >= 4 is 41.2 Å². The number of benzene rings is 2. The molecular formula is C32H33N2O12+. The number of hydrogen-bond acceptors (Lipinski definition) is 8. The van der Waals surface area contributed by atoms with Crippen molar-refractivity contribution in [2.45, 2.75) is 20.4 Å². The molecule has 0 heterocycles. The van der Waals surface area contributed by atoms with Gasteiger partial charge in [0.1, 0.15) is 5.75 Å². The van der Waals surface area contributed by atoms with E-state index < -0.39 is 56.0 Å². The van der Waals surface area contributed by atoms with E-state index in [1.807, 2.05) is 0 Å². The molecule has 0 saturated heterocycles. The van der Waals surface area contributed by atoms with Crippen molar-refractivity contribution in [2.24, 2.45) is 0 Å². The summed E-state index contributed by atoms with van der Waals surface area (Å²) in [7, 11) is 0. The van der Waals surface area contributed by atoms with Crippen LogP contribution < -0.4 is 0 Å². The second-order valence-corrected chi connectivity index (χ2v) is 10.7. The number of nitrogens with zero attached hydrogens (tertiary/aromatic N) is 2. The van der Waals surface area contributed by atoms with E-state index in [2.05, 4.69) is 0 Å². The maximum atomic E-state index is 12.3. The van der Waals surface area contributed by atoms with Crippen molar-refractivity contribution in [3.05, 3.63) is 93.1 Å². The summed E-state index contributed by atoms with van der Waals surface area (Å²) in [5.74, 6) is -6.87. The van der Waals surface area contributed by atoms with Crippen LogP contribution in [0.4, 0.5) is 0 Å². The van der Waals surface area contributed by atoms with Gasteiger partial charge in [-0.15, -0.1) is 0 Å². The molecule has 0 amide bonds. The summed E-state index contributed by atoms with van der Waals surface area (Å²) >= 11 is 0. The first-order chi connectivity index (χ1) is 21.6. The molecule has 3 rings (SSSR count). The molecule has 0 bridgehead atoms. The summed E-state index contributed by atoms with van der Waals surface area (Å²) in [6.07, 6.45) is 3.05. The average molecular weight is 638 g/mol. The minimum absolute atomic E-state index is 0.103. The number of aryl methyl sites for hydroxylation is 1. The Hall–Kier alpha value is -5.60. The molecule has 0 aliphatic heterocycles. The van der Waals surface area contributed by atoms with Crippen LogP contribution in [-0.2, 0) is 25.7 Å². The van der Waals surface area contributed by atoms with Gasteiger partial charge in [0.15, 0.2) is 0 Å². The smallest absolute Gasteiger partial charge is 0.347 e. The first-order valence-electron chi connectivity index (χ1n) is 13.7. The fourth-order valence-electron chi connectivity index (χ4n) is 5.18. The molecule has 46 heavy (non-hydrogen) atoms. The maximum absolute atomic E-state index is 12.3. The van der Waals surface area contributed by atoms with Crippen LogP contribution in [0.15, 0.2) is 65.3 Å². The van der Waals surface area contributed by atoms with Crippen LogP contribution in [0.1, 0.15) is 39.5 Å². The zero-order chi connectivity index (χ0) is 34.3. The minimum Gasteiger partial charge on any atom is -0.507 e. The zero-order valence-electron chi connectivity index (χ0n) is 24.9. The fourth-order valence-corrected chi connectivity index (χ4v) is 5.18. The molecule has 0 saturated carbocycles. The predicted molar refractivity (Wildman–Crippen MR) is 163 cm³/mol. The number of aliphatic carboxylic acids is 4. The van der Waals surface area contributed by atoms with Crippen molar-refractivity contribution in [1.82, 2.24) is 9.80 Å². The first kappa shape index (κ1) is 34.9. The van der Waals surface area contributed by atoms with Crippen LogP contribution in [0.2, 0.25) is 0 Å². The van der Waals surface area contributed by atoms with Gasteiger partial charge in [-0.2, -0.15) is 0 Å². The highest BCUT2D eigenvalue weighted by Crippen LogP contribution is 2.37. The van der Waals surface area contributed by atoms with E-state index in [9.17, 15) is 59.4 Å². The summed E-state index contributed by atoms with van der Waals surface area (Å²) in [6.45, 7) is -0.0171. The number of hydrogen-bond donors (Lipinski definition) is 6. The van der Waals surface area contributed by atoms with E-state index in [4.69, 9.17) is 0 Å². The molecule has 2 aromatic carbocycles. The Bertz CT molecular complexity index is 1670. The van der Waals surface area contributed by atoms with E-state index in [1.165, 1.54) is 24.3 Å². The van der Waals surface area contributed by atoms with E-state index in [0.717, 1.165) is 9.80 Å². The maximum Gasteiger partial charge on any atom is 0.347 e. The Kier molecular flexibility index (Phi) is 11.3. The summed E-state index contributed by atoms with van der Waals surface area (Å²) in [4.78, 5) is 71.1. The summed E-state index contributed by atoms with van der Waals surface area (Å²) in [6, 6.07) is 9.10. The number of phenols is 1. The van der Waals surface area contributed by atoms with Crippen LogP contribution in [-0.4, -0.2) is 114 Å². The lowest BCUT2D eigenvalue weighted by molar-refractivity contribution is -0.143. The molecule has 14 heteroatoms. The second-order valence-electron chi connectivity index (χ2n) is 10.7. The van der Waals surface area contributed by atoms with Gasteiger partial charge in [0.2, 0.25) is 0 Å². The molecule has 2 aromatic rings. The van der Waals surface area contributed by atoms with Crippen molar-refractivity contribution in [2.75, 3.05) is 32.7 Å². The number of rotatable bonds is 15.